The normalized spacial score (nSPS) is 11.7. The van der Waals surface area contributed by atoms with Crippen LogP contribution in [0.3, 0.4) is 0 Å². The molecule has 4 aromatic rings. The molecule has 4 heteroatoms. The van der Waals surface area contributed by atoms with Crippen LogP contribution >= 0.6 is 0 Å². The molecule has 0 atom stereocenters. The molecule has 0 saturated heterocycles. The number of aryl methyl sites for hydroxylation is 1. The molecule has 0 bridgehead atoms. The Morgan fingerprint density at radius 3 is 2.46 bits per heavy atom. The number of aromatic nitrogens is 3. The summed E-state index contributed by atoms with van der Waals surface area (Å²) in [5, 5.41) is 8.28. The lowest BCUT2D eigenvalue weighted by Gasteiger charge is -2.05. The monoisotopic (exact) mass is 338 g/mol. The highest BCUT2D eigenvalue weighted by atomic mass is 15.2. The number of pyridine rings is 1. The maximum Gasteiger partial charge on any atom is 0.183 e. The van der Waals surface area contributed by atoms with Crippen LogP contribution in [0.25, 0.3) is 28.2 Å². The topological polar surface area (TPSA) is 53.9 Å². The standard InChI is InChI=1S/C22H18N4/c1-16-15-19(18-12-6-3-7-13-18)20-21(25-26-22(20)24-16)23-14-8-11-17-9-4-2-5-10-17/h2-15H,1H3,(H,24,25,26)/b11-8+,23-14?. The third kappa shape index (κ3) is 3.30. The zero-order valence-electron chi connectivity index (χ0n) is 14.4. The van der Waals surface area contributed by atoms with E-state index in [1.807, 2.05) is 55.5 Å². The van der Waals surface area contributed by atoms with Gasteiger partial charge in [-0.3, -0.25) is 5.10 Å². The van der Waals surface area contributed by atoms with Crippen molar-refractivity contribution >= 4 is 29.1 Å². The van der Waals surface area contributed by atoms with E-state index in [1.54, 1.807) is 6.21 Å². The molecule has 0 saturated carbocycles. The first-order chi connectivity index (χ1) is 12.8. The van der Waals surface area contributed by atoms with Crippen molar-refractivity contribution in [1.29, 1.82) is 0 Å². The van der Waals surface area contributed by atoms with E-state index in [4.69, 9.17) is 0 Å². The summed E-state index contributed by atoms with van der Waals surface area (Å²) in [5.74, 6) is 0.643. The molecule has 2 aromatic heterocycles. The average Bonchev–Trinajstić information content (AvgIpc) is 3.09. The van der Waals surface area contributed by atoms with Crippen LogP contribution in [0, 0.1) is 6.92 Å². The van der Waals surface area contributed by atoms with Crippen LogP contribution < -0.4 is 0 Å². The minimum absolute atomic E-state index is 0.643. The molecule has 2 aromatic carbocycles. The fourth-order valence-corrected chi connectivity index (χ4v) is 2.91. The number of benzene rings is 2. The minimum Gasteiger partial charge on any atom is -0.259 e. The van der Waals surface area contributed by atoms with E-state index in [0.717, 1.165) is 33.4 Å². The molecule has 4 nitrogen and oxygen atoms in total. The molecular formula is C22H18N4. The molecule has 0 unspecified atom stereocenters. The number of H-pyrrole nitrogens is 1. The minimum atomic E-state index is 0.643. The molecule has 0 fully saturated rings. The van der Waals surface area contributed by atoms with Gasteiger partial charge >= 0.3 is 0 Å². The van der Waals surface area contributed by atoms with Gasteiger partial charge in [0.2, 0.25) is 0 Å². The second-order valence-corrected chi connectivity index (χ2v) is 6.00. The van der Waals surface area contributed by atoms with E-state index in [2.05, 4.69) is 50.5 Å². The zero-order valence-corrected chi connectivity index (χ0v) is 14.4. The van der Waals surface area contributed by atoms with Crippen molar-refractivity contribution in [3.63, 3.8) is 0 Å². The predicted octanol–water partition coefficient (Wildman–Crippen LogP) is 5.35. The van der Waals surface area contributed by atoms with Crippen molar-refractivity contribution in [2.75, 3.05) is 0 Å². The molecule has 26 heavy (non-hydrogen) atoms. The van der Waals surface area contributed by atoms with E-state index in [0.29, 0.717) is 5.82 Å². The first-order valence-electron chi connectivity index (χ1n) is 8.48. The van der Waals surface area contributed by atoms with Crippen molar-refractivity contribution in [2.24, 2.45) is 4.99 Å². The number of nitrogens with one attached hydrogen (secondary N) is 1. The van der Waals surface area contributed by atoms with Crippen LogP contribution in [0.5, 0.6) is 0 Å². The van der Waals surface area contributed by atoms with Crippen LogP contribution in [-0.2, 0) is 0 Å². The second kappa shape index (κ2) is 7.15. The maximum absolute atomic E-state index is 4.55. The van der Waals surface area contributed by atoms with Gasteiger partial charge in [0.25, 0.3) is 0 Å². The molecule has 126 valence electrons. The third-order valence-corrected chi connectivity index (χ3v) is 4.09. The molecular weight excluding hydrogens is 320 g/mol. The van der Waals surface area contributed by atoms with Gasteiger partial charge in [0.15, 0.2) is 11.5 Å². The van der Waals surface area contributed by atoms with E-state index in [1.165, 1.54) is 0 Å². The van der Waals surface area contributed by atoms with Gasteiger partial charge in [0.1, 0.15) is 0 Å². The average molecular weight is 338 g/mol. The quantitative estimate of drug-likeness (QED) is 0.510. The summed E-state index contributed by atoms with van der Waals surface area (Å²) in [4.78, 5) is 9.08. The summed E-state index contributed by atoms with van der Waals surface area (Å²) in [6.45, 7) is 1.98. The van der Waals surface area contributed by atoms with Crippen LogP contribution in [0.4, 0.5) is 5.82 Å². The van der Waals surface area contributed by atoms with Gasteiger partial charge in [-0.05, 0) is 35.8 Å². The molecule has 0 aliphatic rings. The molecule has 0 spiro atoms. The fourth-order valence-electron chi connectivity index (χ4n) is 2.91. The fraction of sp³-hybridized carbons (Fsp3) is 0.0455. The number of aromatic amines is 1. The van der Waals surface area contributed by atoms with Crippen molar-refractivity contribution in [3.05, 3.63) is 84.1 Å². The van der Waals surface area contributed by atoms with Crippen LogP contribution in [0.15, 0.2) is 77.8 Å². The Hall–Kier alpha value is -3.53. The summed E-state index contributed by atoms with van der Waals surface area (Å²) < 4.78 is 0. The highest BCUT2D eigenvalue weighted by molar-refractivity contribution is 6.01. The predicted molar refractivity (Wildman–Crippen MR) is 108 cm³/mol. The highest BCUT2D eigenvalue weighted by Crippen LogP contribution is 2.33. The lowest BCUT2D eigenvalue weighted by atomic mass is 10.0. The number of rotatable bonds is 4. The van der Waals surface area contributed by atoms with Crippen LogP contribution in [0.2, 0.25) is 0 Å². The zero-order chi connectivity index (χ0) is 17.8. The van der Waals surface area contributed by atoms with Crippen molar-refractivity contribution in [2.45, 2.75) is 6.92 Å². The Bertz CT molecular complexity index is 1080. The molecule has 0 radical (unpaired) electrons. The maximum atomic E-state index is 4.55. The van der Waals surface area contributed by atoms with E-state index >= 15 is 0 Å². The van der Waals surface area contributed by atoms with E-state index in [9.17, 15) is 0 Å². The Morgan fingerprint density at radius 1 is 0.962 bits per heavy atom. The lowest BCUT2D eigenvalue weighted by molar-refractivity contribution is 1.08. The first-order valence-corrected chi connectivity index (χ1v) is 8.48. The van der Waals surface area contributed by atoms with E-state index < -0.39 is 0 Å². The van der Waals surface area contributed by atoms with E-state index in [-0.39, 0.29) is 0 Å². The molecule has 2 heterocycles. The summed E-state index contributed by atoms with van der Waals surface area (Å²) in [6.07, 6.45) is 5.69. The summed E-state index contributed by atoms with van der Waals surface area (Å²) in [5.41, 5.74) is 5.04. The summed E-state index contributed by atoms with van der Waals surface area (Å²) in [6, 6.07) is 22.4. The number of hydrogen-bond acceptors (Lipinski definition) is 3. The smallest absolute Gasteiger partial charge is 0.183 e. The Kier molecular flexibility index (Phi) is 4.39. The van der Waals surface area contributed by atoms with Crippen molar-refractivity contribution in [3.8, 4) is 11.1 Å². The number of nitrogens with zero attached hydrogens (tertiary/aromatic N) is 3. The van der Waals surface area contributed by atoms with Crippen molar-refractivity contribution < 1.29 is 0 Å². The number of aliphatic imine (C=N–C) groups is 1. The molecule has 0 aliphatic heterocycles. The van der Waals surface area contributed by atoms with Gasteiger partial charge in [-0.2, -0.15) is 5.10 Å². The SMILES string of the molecule is Cc1cc(-c2ccccc2)c2c(N=C/C=C/c3ccccc3)n[nH]c2n1. The largest absolute Gasteiger partial charge is 0.259 e. The first kappa shape index (κ1) is 16.0. The molecule has 0 amide bonds. The molecule has 1 N–H and O–H groups in total. The van der Waals surface area contributed by atoms with Gasteiger partial charge in [0, 0.05) is 11.9 Å². The summed E-state index contributed by atoms with van der Waals surface area (Å²) in [7, 11) is 0. The number of allylic oxidation sites excluding steroid dienone is 1. The van der Waals surface area contributed by atoms with Gasteiger partial charge < -0.3 is 0 Å². The van der Waals surface area contributed by atoms with Crippen LogP contribution in [0.1, 0.15) is 11.3 Å². The summed E-state index contributed by atoms with van der Waals surface area (Å²) >= 11 is 0. The van der Waals surface area contributed by atoms with Gasteiger partial charge in [-0.15, -0.1) is 0 Å². The number of fused-ring (bicyclic) bond motifs is 1. The van der Waals surface area contributed by atoms with Gasteiger partial charge in [0.05, 0.1) is 5.39 Å². The lowest BCUT2D eigenvalue weighted by Crippen LogP contribution is -1.87. The second-order valence-electron chi connectivity index (χ2n) is 6.00. The van der Waals surface area contributed by atoms with Gasteiger partial charge in [-0.25, -0.2) is 9.98 Å². The van der Waals surface area contributed by atoms with Crippen LogP contribution in [-0.4, -0.2) is 21.4 Å². The Morgan fingerprint density at radius 2 is 1.69 bits per heavy atom. The molecule has 4 rings (SSSR count). The van der Waals surface area contributed by atoms with Crippen molar-refractivity contribution in [1.82, 2.24) is 15.2 Å². The number of hydrogen-bond donors (Lipinski definition) is 1. The third-order valence-electron chi connectivity index (χ3n) is 4.09. The highest BCUT2D eigenvalue weighted by Gasteiger charge is 2.13. The molecule has 0 aliphatic carbocycles. The Balaban J connectivity index is 1.72. The Labute approximate surface area is 152 Å². The van der Waals surface area contributed by atoms with Gasteiger partial charge in [-0.1, -0.05) is 66.7 Å².